The summed E-state index contributed by atoms with van der Waals surface area (Å²) in [4.78, 5) is 5.27. The standard InChI is InChI=1S/C40H22S2/c1-3-23-7-11-27-19-31(20-28-12-8-24(4-1)37(23)39(27)28)33-15-17-35(41-33)36-18-16-34(42-36)32-21-29-13-9-25-5-2-6-26-10-14-30(22-32)40(29)38(25)26/h1-22H. The summed E-state index contributed by atoms with van der Waals surface area (Å²) in [5, 5.41) is 16.0. The maximum atomic E-state index is 2.37. The summed E-state index contributed by atoms with van der Waals surface area (Å²) < 4.78 is 0. The van der Waals surface area contributed by atoms with Crippen LogP contribution in [0.15, 0.2) is 133 Å². The highest BCUT2D eigenvalue weighted by atomic mass is 32.1. The van der Waals surface area contributed by atoms with E-state index >= 15 is 0 Å². The van der Waals surface area contributed by atoms with Gasteiger partial charge < -0.3 is 0 Å². The number of hydrogen-bond donors (Lipinski definition) is 0. The van der Waals surface area contributed by atoms with Gasteiger partial charge in [-0.25, -0.2) is 0 Å². The number of thiophene rings is 2. The minimum Gasteiger partial charge on any atom is -0.134 e. The zero-order valence-electron chi connectivity index (χ0n) is 22.5. The monoisotopic (exact) mass is 566 g/mol. The Morgan fingerprint density at radius 2 is 0.548 bits per heavy atom. The van der Waals surface area contributed by atoms with Gasteiger partial charge in [0.25, 0.3) is 0 Å². The lowest BCUT2D eigenvalue weighted by Crippen LogP contribution is -1.84. The fourth-order valence-electron chi connectivity index (χ4n) is 7.04. The van der Waals surface area contributed by atoms with E-state index in [0.717, 1.165) is 0 Å². The molecule has 0 aliphatic rings. The van der Waals surface area contributed by atoms with Crippen molar-refractivity contribution in [3.05, 3.63) is 133 Å². The van der Waals surface area contributed by atoms with Crippen molar-refractivity contribution in [1.29, 1.82) is 0 Å². The molecule has 42 heavy (non-hydrogen) atoms. The van der Waals surface area contributed by atoms with Gasteiger partial charge >= 0.3 is 0 Å². The van der Waals surface area contributed by atoms with Gasteiger partial charge in [-0.05, 0) is 124 Å². The highest BCUT2D eigenvalue weighted by molar-refractivity contribution is 7.25. The SMILES string of the molecule is c1cc2ccc3cc(-c4ccc(-c5ccc(-c6cc7ccc8cccc9ccc(c6)c7c89)s5)s4)cc4ccc(c1)c2c34. The van der Waals surface area contributed by atoms with E-state index in [1.165, 1.54) is 95.3 Å². The second-order valence-electron chi connectivity index (χ2n) is 11.3. The summed E-state index contributed by atoms with van der Waals surface area (Å²) in [7, 11) is 0. The van der Waals surface area contributed by atoms with Crippen LogP contribution in [-0.2, 0) is 0 Å². The van der Waals surface area contributed by atoms with E-state index in [1.807, 2.05) is 22.7 Å². The van der Waals surface area contributed by atoms with Crippen LogP contribution in [0.5, 0.6) is 0 Å². The van der Waals surface area contributed by atoms with Crippen molar-refractivity contribution in [1.82, 2.24) is 0 Å². The molecule has 0 N–H and O–H groups in total. The maximum absolute atomic E-state index is 2.37. The van der Waals surface area contributed by atoms with Crippen molar-refractivity contribution in [2.45, 2.75) is 0 Å². The van der Waals surface area contributed by atoms with Gasteiger partial charge in [0.05, 0.1) is 0 Å². The molecule has 0 bridgehead atoms. The average molecular weight is 567 g/mol. The van der Waals surface area contributed by atoms with E-state index in [0.29, 0.717) is 0 Å². The normalized spacial score (nSPS) is 12.3. The van der Waals surface area contributed by atoms with Crippen molar-refractivity contribution in [3.63, 3.8) is 0 Å². The van der Waals surface area contributed by atoms with Crippen LogP contribution in [0.1, 0.15) is 0 Å². The first kappa shape index (κ1) is 22.9. The predicted molar refractivity (Wildman–Crippen MR) is 186 cm³/mol. The van der Waals surface area contributed by atoms with E-state index in [-0.39, 0.29) is 0 Å². The Kier molecular flexibility index (Phi) is 4.57. The largest absolute Gasteiger partial charge is 0.134 e. The van der Waals surface area contributed by atoms with Gasteiger partial charge in [-0.2, -0.15) is 0 Å². The van der Waals surface area contributed by atoms with Crippen molar-refractivity contribution in [2.75, 3.05) is 0 Å². The first-order valence-electron chi connectivity index (χ1n) is 14.3. The molecular weight excluding hydrogens is 545 g/mol. The summed E-state index contributed by atoms with van der Waals surface area (Å²) in [5.41, 5.74) is 2.59. The van der Waals surface area contributed by atoms with Crippen molar-refractivity contribution >= 4 is 87.3 Å². The molecule has 0 atom stereocenters. The molecule has 8 aromatic carbocycles. The topological polar surface area (TPSA) is 0 Å². The quantitative estimate of drug-likeness (QED) is 0.187. The van der Waals surface area contributed by atoms with Gasteiger partial charge in [-0.3, -0.25) is 0 Å². The molecule has 0 unspecified atom stereocenters. The van der Waals surface area contributed by atoms with Crippen LogP contribution in [-0.4, -0.2) is 0 Å². The van der Waals surface area contributed by atoms with Crippen LogP contribution >= 0.6 is 22.7 Å². The van der Waals surface area contributed by atoms with Crippen LogP contribution in [0.4, 0.5) is 0 Å². The van der Waals surface area contributed by atoms with Crippen LogP contribution in [0.2, 0.25) is 0 Å². The van der Waals surface area contributed by atoms with Crippen LogP contribution in [0.25, 0.3) is 95.3 Å². The molecule has 194 valence electrons. The van der Waals surface area contributed by atoms with E-state index in [4.69, 9.17) is 0 Å². The summed E-state index contributed by atoms with van der Waals surface area (Å²) in [6, 6.07) is 50.0. The summed E-state index contributed by atoms with van der Waals surface area (Å²) in [6.07, 6.45) is 0. The van der Waals surface area contributed by atoms with Gasteiger partial charge in [0, 0.05) is 19.5 Å². The molecule has 0 saturated carbocycles. The number of hydrogen-bond acceptors (Lipinski definition) is 2. The highest BCUT2D eigenvalue weighted by Crippen LogP contribution is 2.44. The minimum atomic E-state index is 1.29. The summed E-state index contributed by atoms with van der Waals surface area (Å²) >= 11 is 3.78. The molecule has 0 spiro atoms. The van der Waals surface area contributed by atoms with Crippen LogP contribution in [0.3, 0.4) is 0 Å². The maximum Gasteiger partial charge on any atom is 0.0449 e. The van der Waals surface area contributed by atoms with Crippen molar-refractivity contribution in [3.8, 4) is 30.6 Å². The Morgan fingerprint density at radius 3 is 0.905 bits per heavy atom. The lowest BCUT2D eigenvalue weighted by molar-refractivity contribution is 1.76. The molecule has 0 saturated heterocycles. The third-order valence-corrected chi connectivity index (χ3v) is 11.4. The van der Waals surface area contributed by atoms with Crippen LogP contribution in [0, 0.1) is 0 Å². The molecule has 0 nitrogen and oxygen atoms in total. The Bertz CT molecular complexity index is 2320. The molecule has 0 fully saturated rings. The molecule has 0 aliphatic heterocycles. The van der Waals surface area contributed by atoms with Gasteiger partial charge in [-0.15, -0.1) is 22.7 Å². The lowest BCUT2D eigenvalue weighted by Gasteiger charge is -2.12. The van der Waals surface area contributed by atoms with Crippen molar-refractivity contribution < 1.29 is 0 Å². The van der Waals surface area contributed by atoms with Gasteiger partial charge in [0.1, 0.15) is 0 Å². The number of rotatable bonds is 3. The zero-order chi connectivity index (χ0) is 27.4. The second kappa shape index (κ2) is 8.39. The smallest absolute Gasteiger partial charge is 0.0449 e. The molecule has 2 heteroatoms. The third-order valence-electron chi connectivity index (χ3n) is 8.95. The Morgan fingerprint density at radius 1 is 0.262 bits per heavy atom. The lowest BCUT2D eigenvalue weighted by atomic mass is 9.93. The van der Waals surface area contributed by atoms with Gasteiger partial charge in [0.15, 0.2) is 0 Å². The van der Waals surface area contributed by atoms with E-state index in [2.05, 4.69) is 133 Å². The summed E-state index contributed by atoms with van der Waals surface area (Å²) in [6.45, 7) is 0. The predicted octanol–water partition coefficient (Wildman–Crippen LogP) is 12.6. The molecular formula is C40H22S2. The Balaban J connectivity index is 1.05. The molecule has 2 heterocycles. The van der Waals surface area contributed by atoms with E-state index in [9.17, 15) is 0 Å². The van der Waals surface area contributed by atoms with E-state index in [1.54, 1.807) is 0 Å². The zero-order valence-corrected chi connectivity index (χ0v) is 24.2. The fraction of sp³-hybridized carbons (Fsp3) is 0. The fourth-order valence-corrected chi connectivity index (χ4v) is 9.12. The van der Waals surface area contributed by atoms with Gasteiger partial charge in [0.2, 0.25) is 0 Å². The molecule has 10 rings (SSSR count). The minimum absolute atomic E-state index is 1.29. The molecule has 10 aromatic rings. The molecule has 0 amide bonds. The third kappa shape index (κ3) is 3.22. The Labute approximate surface area is 250 Å². The molecule has 2 aromatic heterocycles. The first-order valence-corrected chi connectivity index (χ1v) is 16.0. The Hall–Kier alpha value is -4.76. The first-order chi connectivity index (χ1) is 20.8. The highest BCUT2D eigenvalue weighted by Gasteiger charge is 2.14. The average Bonchev–Trinajstić information content (AvgIpc) is 3.73. The van der Waals surface area contributed by atoms with E-state index < -0.39 is 0 Å². The summed E-state index contributed by atoms with van der Waals surface area (Å²) in [5.74, 6) is 0. The molecule has 0 aliphatic carbocycles. The van der Waals surface area contributed by atoms with Gasteiger partial charge in [-0.1, -0.05) is 84.9 Å². The van der Waals surface area contributed by atoms with Crippen LogP contribution < -0.4 is 0 Å². The second-order valence-corrected chi connectivity index (χ2v) is 13.5. The van der Waals surface area contributed by atoms with Crippen molar-refractivity contribution in [2.24, 2.45) is 0 Å². The molecule has 0 radical (unpaired) electrons. The number of benzene rings is 8.